The fourth-order valence-corrected chi connectivity index (χ4v) is 4.14. The number of nitrogens with one attached hydrogen (secondary N) is 1. The Morgan fingerprint density at radius 2 is 1.81 bits per heavy atom. The van der Waals surface area contributed by atoms with E-state index in [9.17, 15) is 0 Å². The molecule has 0 spiro atoms. The lowest BCUT2D eigenvalue weighted by Gasteiger charge is -2.25. The van der Waals surface area contributed by atoms with Crippen LogP contribution < -0.4 is 14.2 Å². The number of nitriles is 1. The molecule has 0 aliphatic rings. The summed E-state index contributed by atoms with van der Waals surface area (Å²) in [4.78, 5) is 8.05. The fraction of sp³-hybridized carbons (Fsp3) is 0.292. The highest BCUT2D eigenvalue weighted by molar-refractivity contribution is 8.01. The fourth-order valence-electron chi connectivity index (χ4n) is 3.40. The predicted octanol–water partition coefficient (Wildman–Crippen LogP) is 4.85. The molecule has 0 amide bonds. The van der Waals surface area contributed by atoms with Gasteiger partial charge in [-0.2, -0.15) is 5.26 Å². The summed E-state index contributed by atoms with van der Waals surface area (Å²) < 4.78 is 37.5. The molecule has 2 atom stereocenters. The van der Waals surface area contributed by atoms with Gasteiger partial charge in [0.1, 0.15) is 29.0 Å². The number of hydrogen-bond acceptors (Lipinski definition) is 10. The molecule has 186 valence electrons. The largest absolute Gasteiger partial charge is 0.494 e. The Hall–Kier alpha value is -4.11. The predicted molar refractivity (Wildman–Crippen MR) is 133 cm³/mol. The zero-order valence-corrected chi connectivity index (χ0v) is 21.1. The van der Waals surface area contributed by atoms with Crippen LogP contribution in [-0.2, 0) is 5.67 Å². The number of hydrogen-bond donors (Lipinski definition) is 1. The first-order chi connectivity index (χ1) is 17.3. The second-order valence-electron chi connectivity index (χ2n) is 7.95. The normalized spacial score (nSPS) is 13.5. The van der Waals surface area contributed by atoms with Gasteiger partial charge in [0.2, 0.25) is 11.8 Å². The van der Waals surface area contributed by atoms with Gasteiger partial charge in [0.05, 0.1) is 25.0 Å². The first kappa shape index (κ1) is 25.0. The van der Waals surface area contributed by atoms with E-state index in [1.165, 1.54) is 19.3 Å². The number of nitrogens with zero attached hydrogens (tertiary/aromatic N) is 6. The SMILES string of the molecule is COc1cccc(OC)c1-n1c(NSC(C)C(C)(F)c2ncc(C#N)cn2)nnc1-c1ccc(C)o1. The number of aryl methyl sites for hydroxylation is 1. The van der Waals surface area contributed by atoms with Crippen LogP contribution in [0.4, 0.5) is 10.3 Å². The highest BCUT2D eigenvalue weighted by atomic mass is 32.2. The van der Waals surface area contributed by atoms with Crippen LogP contribution in [0, 0.1) is 18.3 Å². The van der Waals surface area contributed by atoms with Crippen molar-refractivity contribution in [2.75, 3.05) is 18.9 Å². The van der Waals surface area contributed by atoms with E-state index in [4.69, 9.17) is 19.2 Å². The minimum atomic E-state index is -1.92. The summed E-state index contributed by atoms with van der Waals surface area (Å²) in [5, 5.41) is 16.9. The Labute approximate surface area is 211 Å². The van der Waals surface area contributed by atoms with Crippen LogP contribution in [0.3, 0.4) is 0 Å². The molecule has 0 fully saturated rings. The van der Waals surface area contributed by atoms with Crippen molar-refractivity contribution in [3.05, 3.63) is 59.9 Å². The maximum Gasteiger partial charge on any atom is 0.239 e. The molecule has 0 saturated heterocycles. The minimum Gasteiger partial charge on any atom is -0.494 e. The minimum absolute atomic E-state index is 0.0251. The van der Waals surface area contributed by atoms with Crippen molar-refractivity contribution in [3.63, 3.8) is 0 Å². The summed E-state index contributed by atoms with van der Waals surface area (Å²) in [6.07, 6.45) is 2.60. The monoisotopic (exact) mass is 509 g/mol. The molecule has 4 rings (SSSR count). The number of rotatable bonds is 9. The van der Waals surface area contributed by atoms with Gasteiger partial charge < -0.3 is 13.9 Å². The van der Waals surface area contributed by atoms with Crippen LogP contribution in [0.2, 0.25) is 0 Å². The molecular weight excluding hydrogens is 485 g/mol. The van der Waals surface area contributed by atoms with Gasteiger partial charge in [-0.05, 0) is 57.0 Å². The summed E-state index contributed by atoms with van der Waals surface area (Å²) in [5.74, 6) is 2.90. The van der Waals surface area contributed by atoms with Crippen molar-refractivity contribution < 1.29 is 18.3 Å². The third-order valence-electron chi connectivity index (χ3n) is 5.56. The highest BCUT2D eigenvalue weighted by Gasteiger charge is 2.37. The lowest BCUT2D eigenvalue weighted by atomic mass is 10.0. The van der Waals surface area contributed by atoms with Crippen molar-refractivity contribution >= 4 is 17.9 Å². The summed E-state index contributed by atoms with van der Waals surface area (Å²) in [6.45, 7) is 4.91. The van der Waals surface area contributed by atoms with Crippen molar-refractivity contribution in [1.82, 2.24) is 24.7 Å². The number of ether oxygens (including phenoxy) is 2. The van der Waals surface area contributed by atoms with Crippen molar-refractivity contribution in [3.8, 4) is 34.8 Å². The van der Waals surface area contributed by atoms with E-state index in [1.54, 1.807) is 50.0 Å². The average molecular weight is 510 g/mol. The number of para-hydroxylation sites is 1. The van der Waals surface area contributed by atoms with Crippen LogP contribution in [0.15, 0.2) is 47.1 Å². The zero-order chi connectivity index (χ0) is 25.9. The molecule has 0 aliphatic heterocycles. The molecule has 0 saturated carbocycles. The summed E-state index contributed by atoms with van der Waals surface area (Å²) in [7, 11) is 3.10. The molecule has 0 radical (unpaired) electrons. The van der Waals surface area contributed by atoms with Gasteiger partial charge in [-0.1, -0.05) is 6.07 Å². The van der Waals surface area contributed by atoms with E-state index >= 15 is 4.39 Å². The quantitative estimate of drug-likeness (QED) is 0.313. The maximum atomic E-state index is 15.7. The molecule has 2 unspecified atom stereocenters. The molecule has 3 aromatic heterocycles. The van der Waals surface area contributed by atoms with Gasteiger partial charge in [-0.15, -0.1) is 10.2 Å². The topological polar surface area (TPSA) is 124 Å². The Bertz CT molecular complexity index is 1370. The molecule has 1 N–H and O–H groups in total. The standard InChI is InChI=1S/C24H24FN7O3S/c1-14-9-10-19(35-14)21-29-30-23(32(21)20-17(33-4)7-6-8-18(20)34-5)31-36-15(2)24(3,25)22-27-12-16(11-26)13-28-22/h6-10,12-13,15H,1-5H3,(H,30,31). The van der Waals surface area contributed by atoms with Crippen molar-refractivity contribution in [2.45, 2.75) is 31.7 Å². The van der Waals surface area contributed by atoms with E-state index in [0.717, 1.165) is 11.9 Å². The van der Waals surface area contributed by atoms with E-state index in [2.05, 4.69) is 24.9 Å². The Morgan fingerprint density at radius 3 is 2.36 bits per heavy atom. The Balaban J connectivity index is 1.71. The summed E-state index contributed by atoms with van der Waals surface area (Å²) in [6, 6.07) is 10.9. The number of halogens is 1. The van der Waals surface area contributed by atoms with Gasteiger partial charge in [-0.3, -0.25) is 9.29 Å². The van der Waals surface area contributed by atoms with Gasteiger partial charge >= 0.3 is 0 Å². The van der Waals surface area contributed by atoms with Crippen LogP contribution >= 0.6 is 11.9 Å². The molecule has 4 aromatic rings. The number of aromatic nitrogens is 5. The Morgan fingerprint density at radius 1 is 1.14 bits per heavy atom. The first-order valence-electron chi connectivity index (χ1n) is 10.9. The second kappa shape index (κ2) is 10.2. The van der Waals surface area contributed by atoms with Crippen LogP contribution in [0.5, 0.6) is 11.5 Å². The van der Waals surface area contributed by atoms with Crippen LogP contribution in [-0.4, -0.2) is 44.2 Å². The van der Waals surface area contributed by atoms with Crippen molar-refractivity contribution in [1.29, 1.82) is 5.26 Å². The number of benzene rings is 1. The number of methoxy groups -OCH3 is 2. The molecule has 3 heterocycles. The average Bonchev–Trinajstić information content (AvgIpc) is 3.52. The molecule has 12 heteroatoms. The van der Waals surface area contributed by atoms with Gasteiger partial charge in [0.25, 0.3) is 0 Å². The van der Waals surface area contributed by atoms with E-state index < -0.39 is 10.9 Å². The molecule has 36 heavy (non-hydrogen) atoms. The van der Waals surface area contributed by atoms with E-state index in [-0.39, 0.29) is 11.4 Å². The Kier molecular flexibility index (Phi) is 7.12. The lowest BCUT2D eigenvalue weighted by Crippen LogP contribution is -2.30. The van der Waals surface area contributed by atoms with Gasteiger partial charge in [0, 0.05) is 12.4 Å². The summed E-state index contributed by atoms with van der Waals surface area (Å²) in [5.41, 5.74) is -1.11. The van der Waals surface area contributed by atoms with E-state index in [0.29, 0.717) is 40.5 Å². The number of anilines is 1. The number of furan rings is 1. The third-order valence-corrected chi connectivity index (χ3v) is 6.65. The van der Waals surface area contributed by atoms with Gasteiger partial charge in [-0.25, -0.2) is 14.4 Å². The lowest BCUT2D eigenvalue weighted by molar-refractivity contribution is 0.179. The maximum absolute atomic E-state index is 15.7. The first-order valence-corrected chi connectivity index (χ1v) is 11.7. The molecule has 1 aromatic carbocycles. The second-order valence-corrected chi connectivity index (χ2v) is 9.10. The zero-order valence-electron chi connectivity index (χ0n) is 20.3. The third kappa shape index (κ3) is 4.70. The smallest absolute Gasteiger partial charge is 0.239 e. The van der Waals surface area contributed by atoms with Gasteiger partial charge in [0.15, 0.2) is 17.3 Å². The molecular formula is C24H24FN7O3S. The summed E-state index contributed by atoms with van der Waals surface area (Å²) >= 11 is 1.09. The highest BCUT2D eigenvalue weighted by Crippen LogP contribution is 2.40. The molecule has 10 nitrogen and oxygen atoms in total. The van der Waals surface area contributed by atoms with Crippen LogP contribution in [0.25, 0.3) is 17.3 Å². The molecule has 0 aliphatic carbocycles. The molecule has 0 bridgehead atoms. The van der Waals surface area contributed by atoms with Crippen LogP contribution in [0.1, 0.15) is 31.0 Å². The number of alkyl halides is 1. The van der Waals surface area contributed by atoms with E-state index in [1.807, 2.05) is 19.1 Å². The van der Waals surface area contributed by atoms with Crippen molar-refractivity contribution in [2.24, 2.45) is 0 Å².